The van der Waals surface area contributed by atoms with Gasteiger partial charge in [-0.15, -0.1) is 0 Å². The number of nitrogens with one attached hydrogen (secondary N) is 2. The van der Waals surface area contributed by atoms with Gasteiger partial charge in [0.25, 0.3) is 5.91 Å². The van der Waals surface area contributed by atoms with Gasteiger partial charge in [0, 0.05) is 35.8 Å². The normalized spacial score (nSPS) is 11.3. The predicted molar refractivity (Wildman–Crippen MR) is 126 cm³/mol. The number of hydrazone groups is 1. The van der Waals surface area contributed by atoms with Gasteiger partial charge in [-0.2, -0.15) is 5.10 Å². The Morgan fingerprint density at radius 2 is 1.88 bits per heavy atom. The quantitative estimate of drug-likeness (QED) is 0.241. The van der Waals surface area contributed by atoms with E-state index in [4.69, 9.17) is 9.83 Å². The number of fused-ring (bicyclic) bond motifs is 3. The van der Waals surface area contributed by atoms with Gasteiger partial charge < -0.3 is 14.4 Å². The number of carbonyl (C=O) groups is 1. The molecular formula is C25H24N4O3. The maximum atomic E-state index is 12.7. The third-order valence-electron chi connectivity index (χ3n) is 5.43. The first kappa shape index (κ1) is 21.1. The van der Waals surface area contributed by atoms with Crippen molar-refractivity contribution in [2.24, 2.45) is 5.10 Å². The van der Waals surface area contributed by atoms with Gasteiger partial charge in [0.2, 0.25) is 5.55 Å². The van der Waals surface area contributed by atoms with E-state index < -0.39 is 5.91 Å². The molecule has 162 valence electrons. The first-order valence-corrected chi connectivity index (χ1v) is 10.4. The zero-order chi connectivity index (χ0) is 22.7. The second-order valence-corrected chi connectivity index (χ2v) is 7.30. The van der Waals surface area contributed by atoms with Crippen LogP contribution >= 0.6 is 0 Å². The Morgan fingerprint density at radius 1 is 1.09 bits per heavy atom. The predicted octanol–water partition coefficient (Wildman–Crippen LogP) is 4.38. The summed E-state index contributed by atoms with van der Waals surface area (Å²) in [6.45, 7) is 5.77. The Labute approximate surface area is 185 Å². The lowest BCUT2D eigenvalue weighted by Gasteiger charge is -2.21. The molecule has 1 amide bonds. The third kappa shape index (κ3) is 4.05. The summed E-state index contributed by atoms with van der Waals surface area (Å²) in [5, 5.41) is 25.1. The van der Waals surface area contributed by atoms with Crippen molar-refractivity contribution in [2.45, 2.75) is 13.8 Å². The lowest BCUT2D eigenvalue weighted by molar-refractivity contribution is 0.0951. The number of rotatable bonds is 6. The van der Waals surface area contributed by atoms with Gasteiger partial charge in [0.15, 0.2) is 0 Å². The molecule has 0 radical (unpaired) electrons. The van der Waals surface area contributed by atoms with E-state index in [-0.39, 0.29) is 16.9 Å². The molecule has 3 N–H and O–H groups in total. The fraction of sp³-hybridized carbons (Fsp3) is 0.160. The van der Waals surface area contributed by atoms with Gasteiger partial charge in [-0.25, -0.2) is 5.43 Å². The lowest BCUT2D eigenvalue weighted by Crippen LogP contribution is -2.24. The summed E-state index contributed by atoms with van der Waals surface area (Å²) in [4.78, 5) is 14.8. The van der Waals surface area contributed by atoms with Crippen molar-refractivity contribution >= 4 is 39.6 Å². The highest BCUT2D eigenvalue weighted by Crippen LogP contribution is 2.25. The average molecular weight is 428 g/mol. The average Bonchev–Trinajstić information content (AvgIpc) is 2.80. The van der Waals surface area contributed by atoms with Crippen LogP contribution in [0.5, 0.6) is 5.75 Å². The number of anilines is 1. The van der Waals surface area contributed by atoms with E-state index in [0.29, 0.717) is 11.1 Å². The fourth-order valence-corrected chi connectivity index (χ4v) is 3.70. The molecule has 0 bridgehead atoms. The van der Waals surface area contributed by atoms with E-state index in [2.05, 4.69) is 15.4 Å². The second kappa shape index (κ2) is 8.93. The van der Waals surface area contributed by atoms with Crippen molar-refractivity contribution in [3.05, 3.63) is 77.3 Å². The van der Waals surface area contributed by atoms with E-state index in [0.717, 1.165) is 34.9 Å². The van der Waals surface area contributed by atoms with Gasteiger partial charge in [-0.3, -0.25) is 10.2 Å². The van der Waals surface area contributed by atoms with E-state index in [9.17, 15) is 9.90 Å². The lowest BCUT2D eigenvalue weighted by atomic mass is 10.0. The molecule has 0 unspecified atom stereocenters. The van der Waals surface area contributed by atoms with Crippen LogP contribution in [0.2, 0.25) is 0 Å². The molecule has 7 heteroatoms. The van der Waals surface area contributed by atoms with Gasteiger partial charge in [0.1, 0.15) is 16.9 Å². The topological polar surface area (TPSA) is 102 Å². The van der Waals surface area contributed by atoms with Gasteiger partial charge >= 0.3 is 0 Å². The standard InChI is InChI=1S/C25H24N4O3/c1-3-29(4-2)18-11-9-17(22(30)13-18)15-27-28-25(31)21-14-20-19-8-6-5-7-16(19)10-12-23(20)32-24(21)26/h5-15,26,30H,3-4H2,1-2H3,(H,28,31)/b26-24?,27-15+. The van der Waals surface area contributed by atoms with Crippen LogP contribution in [0.4, 0.5) is 5.69 Å². The summed E-state index contributed by atoms with van der Waals surface area (Å²) in [6.07, 6.45) is 1.37. The molecule has 0 fully saturated rings. The molecule has 0 aliphatic rings. The number of phenols is 1. The van der Waals surface area contributed by atoms with Crippen LogP contribution in [0.25, 0.3) is 21.7 Å². The Balaban J connectivity index is 1.58. The number of benzene rings is 3. The number of phenolic OH excluding ortho intramolecular Hbond substituents is 1. The second-order valence-electron chi connectivity index (χ2n) is 7.30. The Bertz CT molecular complexity index is 1390. The van der Waals surface area contributed by atoms with Gasteiger partial charge in [-0.05, 0) is 48.9 Å². The van der Waals surface area contributed by atoms with Gasteiger partial charge in [-0.1, -0.05) is 30.3 Å². The molecule has 4 aromatic rings. The maximum Gasteiger partial charge on any atom is 0.276 e. The first-order valence-electron chi connectivity index (χ1n) is 10.4. The fourth-order valence-electron chi connectivity index (χ4n) is 3.70. The highest BCUT2D eigenvalue weighted by atomic mass is 16.3. The van der Waals surface area contributed by atoms with Gasteiger partial charge in [0.05, 0.1) is 6.21 Å². The SMILES string of the molecule is CCN(CC)c1ccc(/C=N/NC(=O)c2cc3c(ccc4ccccc43)oc2=N)c(O)c1. The van der Waals surface area contributed by atoms with Crippen molar-refractivity contribution in [3.8, 4) is 5.75 Å². The molecule has 7 nitrogen and oxygen atoms in total. The summed E-state index contributed by atoms with van der Waals surface area (Å²) in [7, 11) is 0. The number of aromatic hydroxyl groups is 1. The van der Waals surface area contributed by atoms with E-state index in [1.165, 1.54) is 6.21 Å². The van der Waals surface area contributed by atoms with Crippen LogP contribution in [0.15, 0.2) is 70.2 Å². The molecule has 0 saturated carbocycles. The summed E-state index contributed by atoms with van der Waals surface area (Å²) in [5.74, 6) is -0.496. The first-order chi connectivity index (χ1) is 15.5. The molecule has 0 aliphatic heterocycles. The van der Waals surface area contributed by atoms with Crippen molar-refractivity contribution < 1.29 is 14.3 Å². The zero-order valence-electron chi connectivity index (χ0n) is 17.9. The zero-order valence-corrected chi connectivity index (χ0v) is 17.9. The molecule has 0 aliphatic carbocycles. The third-order valence-corrected chi connectivity index (χ3v) is 5.43. The smallest absolute Gasteiger partial charge is 0.276 e. The van der Waals surface area contributed by atoms with Crippen LogP contribution in [-0.4, -0.2) is 30.3 Å². The van der Waals surface area contributed by atoms with Crippen LogP contribution in [0, 0.1) is 5.41 Å². The summed E-state index contributed by atoms with van der Waals surface area (Å²) in [5.41, 5.74) is 4.17. The van der Waals surface area contributed by atoms with Crippen LogP contribution < -0.4 is 15.9 Å². The Kier molecular flexibility index (Phi) is 5.89. The van der Waals surface area contributed by atoms with Crippen molar-refractivity contribution in [3.63, 3.8) is 0 Å². The minimum absolute atomic E-state index is 0.0701. The molecule has 32 heavy (non-hydrogen) atoms. The minimum Gasteiger partial charge on any atom is -0.507 e. The van der Waals surface area contributed by atoms with Crippen molar-refractivity contribution in [2.75, 3.05) is 18.0 Å². The highest BCUT2D eigenvalue weighted by Gasteiger charge is 2.13. The largest absolute Gasteiger partial charge is 0.507 e. The molecule has 0 saturated heterocycles. The van der Waals surface area contributed by atoms with Crippen LogP contribution in [-0.2, 0) is 0 Å². The minimum atomic E-state index is -0.566. The van der Waals surface area contributed by atoms with E-state index >= 15 is 0 Å². The Morgan fingerprint density at radius 3 is 2.62 bits per heavy atom. The summed E-state index contributed by atoms with van der Waals surface area (Å²) < 4.78 is 5.57. The monoisotopic (exact) mass is 428 g/mol. The number of amides is 1. The molecule has 0 spiro atoms. The van der Waals surface area contributed by atoms with Crippen LogP contribution in [0.3, 0.4) is 0 Å². The summed E-state index contributed by atoms with van der Waals surface area (Å²) in [6, 6.07) is 18.4. The Hall–Kier alpha value is -4.13. The van der Waals surface area contributed by atoms with Crippen molar-refractivity contribution in [1.29, 1.82) is 5.41 Å². The highest BCUT2D eigenvalue weighted by molar-refractivity contribution is 6.07. The summed E-state index contributed by atoms with van der Waals surface area (Å²) >= 11 is 0. The number of nitrogens with zero attached hydrogens (tertiary/aromatic N) is 2. The number of hydrogen-bond donors (Lipinski definition) is 3. The van der Waals surface area contributed by atoms with E-state index in [1.807, 2.05) is 50.2 Å². The molecule has 1 aromatic heterocycles. The van der Waals surface area contributed by atoms with Crippen LogP contribution in [0.1, 0.15) is 29.8 Å². The molecule has 4 rings (SSSR count). The van der Waals surface area contributed by atoms with Crippen molar-refractivity contribution in [1.82, 2.24) is 5.43 Å². The number of carbonyl (C=O) groups excluding carboxylic acids is 1. The maximum absolute atomic E-state index is 12.7. The molecule has 3 aromatic carbocycles. The molecule has 1 heterocycles. The molecular weight excluding hydrogens is 404 g/mol. The molecule has 0 atom stereocenters. The number of hydrogen-bond acceptors (Lipinski definition) is 6. The van der Waals surface area contributed by atoms with E-state index in [1.54, 1.807) is 24.3 Å².